The van der Waals surface area contributed by atoms with Gasteiger partial charge in [-0.15, -0.1) is 11.8 Å². The Morgan fingerprint density at radius 2 is 1.48 bits per heavy atom. The largest absolute Gasteiger partial charge is 0.325 e. The molecule has 0 aliphatic carbocycles. The highest BCUT2D eigenvalue weighted by molar-refractivity contribution is 8.00. The van der Waals surface area contributed by atoms with Crippen molar-refractivity contribution in [1.82, 2.24) is 5.32 Å². The van der Waals surface area contributed by atoms with E-state index in [0.29, 0.717) is 32.5 Å². The smallest absolute Gasteiger partial charge is 0.272 e. The SMILES string of the molecule is O=C(CSc1cccc(NC(=O)/C(=C/c2ccc(F)cc2)NC(=O)c2ccccc2)c1)Nc1cc(Cl)cc(Cl)c1. The summed E-state index contributed by atoms with van der Waals surface area (Å²) < 4.78 is 13.4. The standard InChI is InChI=1S/C30H22Cl2FN3O3S/c31-21-14-22(32)16-25(15-21)34-28(37)18-40-26-8-4-7-24(17-26)35-30(39)27(13-19-9-11-23(33)12-10-19)36-29(38)20-5-2-1-3-6-20/h1-17H,18H2,(H,34,37)(H,35,39)(H,36,38)/b27-13-. The first-order chi connectivity index (χ1) is 19.2. The Bertz CT molecular complexity index is 1540. The molecule has 0 saturated heterocycles. The molecule has 0 fully saturated rings. The molecule has 3 amide bonds. The van der Waals surface area contributed by atoms with E-state index in [1.54, 1.807) is 72.8 Å². The number of carbonyl (C=O) groups excluding carboxylic acids is 3. The van der Waals surface area contributed by atoms with E-state index in [0.717, 1.165) is 4.90 Å². The zero-order chi connectivity index (χ0) is 28.5. The summed E-state index contributed by atoms with van der Waals surface area (Å²) in [5.74, 6) is -1.63. The molecule has 202 valence electrons. The van der Waals surface area contributed by atoms with Crippen LogP contribution in [0.3, 0.4) is 0 Å². The Kier molecular flexibility index (Phi) is 9.96. The number of carbonyl (C=O) groups is 3. The van der Waals surface area contributed by atoms with Crippen LogP contribution in [-0.2, 0) is 9.59 Å². The summed E-state index contributed by atoms with van der Waals surface area (Å²) in [4.78, 5) is 39.2. The lowest BCUT2D eigenvalue weighted by Crippen LogP contribution is -2.30. The van der Waals surface area contributed by atoms with Gasteiger partial charge in [0, 0.05) is 31.9 Å². The highest BCUT2D eigenvalue weighted by atomic mass is 35.5. The van der Waals surface area contributed by atoms with Gasteiger partial charge in [0.1, 0.15) is 11.5 Å². The van der Waals surface area contributed by atoms with Crippen LogP contribution in [-0.4, -0.2) is 23.5 Å². The maximum absolute atomic E-state index is 13.4. The van der Waals surface area contributed by atoms with Crippen LogP contribution in [0.1, 0.15) is 15.9 Å². The number of anilines is 2. The van der Waals surface area contributed by atoms with E-state index in [9.17, 15) is 18.8 Å². The van der Waals surface area contributed by atoms with E-state index in [-0.39, 0.29) is 17.4 Å². The monoisotopic (exact) mass is 593 g/mol. The molecular weight excluding hydrogens is 572 g/mol. The summed E-state index contributed by atoms with van der Waals surface area (Å²) in [6, 6.07) is 25.7. The fourth-order valence-corrected chi connectivity index (χ4v) is 4.78. The first kappa shape index (κ1) is 28.9. The summed E-state index contributed by atoms with van der Waals surface area (Å²) in [7, 11) is 0. The molecule has 0 aliphatic rings. The summed E-state index contributed by atoms with van der Waals surface area (Å²) in [5.41, 5.74) is 1.81. The van der Waals surface area contributed by atoms with Crippen molar-refractivity contribution < 1.29 is 18.8 Å². The quantitative estimate of drug-likeness (QED) is 0.141. The van der Waals surface area contributed by atoms with Crippen molar-refractivity contribution in [3.63, 3.8) is 0 Å². The average molecular weight is 594 g/mol. The van der Waals surface area contributed by atoms with Crippen molar-refractivity contribution in [2.24, 2.45) is 0 Å². The molecule has 0 bridgehead atoms. The van der Waals surface area contributed by atoms with E-state index in [1.807, 2.05) is 0 Å². The third-order valence-corrected chi connectivity index (χ3v) is 6.75. The summed E-state index contributed by atoms with van der Waals surface area (Å²) in [5, 5.41) is 8.98. The molecule has 4 aromatic carbocycles. The Morgan fingerprint density at radius 3 is 2.17 bits per heavy atom. The summed E-state index contributed by atoms with van der Waals surface area (Å²) in [6.45, 7) is 0. The van der Waals surface area contributed by atoms with Gasteiger partial charge in [0.2, 0.25) is 5.91 Å². The second-order valence-electron chi connectivity index (χ2n) is 8.41. The topological polar surface area (TPSA) is 87.3 Å². The van der Waals surface area contributed by atoms with Gasteiger partial charge in [-0.05, 0) is 72.3 Å². The van der Waals surface area contributed by atoms with Crippen LogP contribution in [0.4, 0.5) is 15.8 Å². The first-order valence-electron chi connectivity index (χ1n) is 11.9. The number of hydrogen-bond acceptors (Lipinski definition) is 4. The predicted octanol–water partition coefficient (Wildman–Crippen LogP) is 7.27. The number of hydrogen-bond donors (Lipinski definition) is 3. The molecule has 0 saturated carbocycles. The molecule has 0 heterocycles. The van der Waals surface area contributed by atoms with Gasteiger partial charge in [-0.25, -0.2) is 4.39 Å². The van der Waals surface area contributed by atoms with Crippen molar-refractivity contribution >= 4 is 70.1 Å². The zero-order valence-electron chi connectivity index (χ0n) is 20.8. The van der Waals surface area contributed by atoms with Gasteiger partial charge >= 0.3 is 0 Å². The Balaban J connectivity index is 1.44. The van der Waals surface area contributed by atoms with E-state index in [2.05, 4.69) is 16.0 Å². The minimum Gasteiger partial charge on any atom is -0.325 e. The number of thioether (sulfide) groups is 1. The van der Waals surface area contributed by atoms with Gasteiger partial charge in [0.25, 0.3) is 11.8 Å². The van der Waals surface area contributed by atoms with Gasteiger partial charge < -0.3 is 16.0 Å². The highest BCUT2D eigenvalue weighted by Crippen LogP contribution is 2.25. The fourth-order valence-electron chi connectivity index (χ4n) is 3.50. The molecule has 6 nitrogen and oxygen atoms in total. The molecule has 3 N–H and O–H groups in total. The van der Waals surface area contributed by atoms with Gasteiger partial charge in [-0.1, -0.05) is 59.6 Å². The minimum atomic E-state index is -0.577. The molecule has 0 aliphatic heterocycles. The fraction of sp³-hybridized carbons (Fsp3) is 0.0333. The Labute approximate surface area is 244 Å². The third-order valence-electron chi connectivity index (χ3n) is 5.32. The van der Waals surface area contributed by atoms with Crippen molar-refractivity contribution in [1.29, 1.82) is 0 Å². The average Bonchev–Trinajstić information content (AvgIpc) is 2.93. The maximum atomic E-state index is 13.4. The third kappa shape index (κ3) is 8.71. The number of rotatable bonds is 9. The lowest BCUT2D eigenvalue weighted by atomic mass is 10.1. The predicted molar refractivity (Wildman–Crippen MR) is 159 cm³/mol. The van der Waals surface area contributed by atoms with Crippen LogP contribution < -0.4 is 16.0 Å². The number of benzene rings is 4. The molecule has 0 aromatic heterocycles. The summed E-state index contributed by atoms with van der Waals surface area (Å²) in [6.07, 6.45) is 1.46. The Morgan fingerprint density at radius 1 is 0.775 bits per heavy atom. The highest BCUT2D eigenvalue weighted by Gasteiger charge is 2.15. The van der Waals surface area contributed by atoms with E-state index >= 15 is 0 Å². The Hall–Kier alpha value is -4.11. The van der Waals surface area contributed by atoms with Gasteiger partial charge in [0.05, 0.1) is 5.75 Å². The van der Waals surface area contributed by atoms with E-state index < -0.39 is 17.6 Å². The minimum absolute atomic E-state index is 0.0296. The summed E-state index contributed by atoms with van der Waals surface area (Å²) >= 11 is 13.2. The van der Waals surface area contributed by atoms with E-state index in [4.69, 9.17) is 23.2 Å². The molecule has 0 spiro atoms. The van der Waals surface area contributed by atoms with Crippen LogP contribution >= 0.6 is 35.0 Å². The molecule has 10 heteroatoms. The lowest BCUT2D eigenvalue weighted by molar-refractivity contribution is -0.114. The lowest BCUT2D eigenvalue weighted by Gasteiger charge is -2.12. The van der Waals surface area contributed by atoms with Gasteiger partial charge in [0.15, 0.2) is 0 Å². The normalized spacial score (nSPS) is 11.0. The number of amides is 3. The number of halogens is 3. The van der Waals surface area contributed by atoms with Crippen molar-refractivity contribution in [2.75, 3.05) is 16.4 Å². The van der Waals surface area contributed by atoms with Crippen molar-refractivity contribution in [3.05, 3.63) is 130 Å². The van der Waals surface area contributed by atoms with Crippen molar-refractivity contribution in [2.45, 2.75) is 4.90 Å². The maximum Gasteiger partial charge on any atom is 0.272 e. The zero-order valence-corrected chi connectivity index (χ0v) is 23.1. The molecule has 4 rings (SSSR count). The second kappa shape index (κ2) is 13.8. The molecule has 4 aromatic rings. The van der Waals surface area contributed by atoms with Crippen LogP contribution in [0.15, 0.2) is 108 Å². The second-order valence-corrected chi connectivity index (χ2v) is 10.3. The molecule has 0 radical (unpaired) electrons. The van der Waals surface area contributed by atoms with Gasteiger partial charge in [-0.3, -0.25) is 14.4 Å². The molecule has 0 atom stereocenters. The van der Waals surface area contributed by atoms with Crippen LogP contribution in [0.5, 0.6) is 0 Å². The van der Waals surface area contributed by atoms with E-state index in [1.165, 1.54) is 42.1 Å². The van der Waals surface area contributed by atoms with Crippen LogP contribution in [0, 0.1) is 5.82 Å². The van der Waals surface area contributed by atoms with Crippen LogP contribution in [0.25, 0.3) is 6.08 Å². The van der Waals surface area contributed by atoms with Gasteiger partial charge in [-0.2, -0.15) is 0 Å². The van der Waals surface area contributed by atoms with Crippen molar-refractivity contribution in [3.8, 4) is 0 Å². The first-order valence-corrected chi connectivity index (χ1v) is 13.6. The molecule has 0 unspecified atom stereocenters. The van der Waals surface area contributed by atoms with Crippen LogP contribution in [0.2, 0.25) is 10.0 Å². The molecule has 40 heavy (non-hydrogen) atoms. The number of nitrogens with one attached hydrogen (secondary N) is 3. The molecular formula is C30H22Cl2FN3O3S.